The Labute approximate surface area is 152 Å². The summed E-state index contributed by atoms with van der Waals surface area (Å²) in [5.41, 5.74) is 8.49. The molecule has 5 nitrogen and oxygen atoms in total. The fourth-order valence-corrected chi connectivity index (χ4v) is 3.32. The van der Waals surface area contributed by atoms with Crippen molar-refractivity contribution in [2.45, 2.75) is 25.9 Å². The summed E-state index contributed by atoms with van der Waals surface area (Å²) in [4.78, 5) is 11.0. The van der Waals surface area contributed by atoms with Gasteiger partial charge in [-0.15, -0.1) is 0 Å². The van der Waals surface area contributed by atoms with E-state index in [-0.39, 0.29) is 5.82 Å². The van der Waals surface area contributed by atoms with Crippen molar-refractivity contribution in [1.82, 2.24) is 9.97 Å². The number of rotatable bonds is 5. The monoisotopic (exact) mass is 351 g/mol. The Kier molecular flexibility index (Phi) is 4.67. The number of pyridine rings is 2. The van der Waals surface area contributed by atoms with Gasteiger partial charge in [0.2, 0.25) is 0 Å². The van der Waals surface area contributed by atoms with Crippen molar-refractivity contribution in [1.29, 1.82) is 0 Å². The number of nitrogens with one attached hydrogen (secondary N) is 1. The van der Waals surface area contributed by atoms with Gasteiger partial charge in [-0.25, -0.2) is 14.4 Å². The molecule has 1 saturated heterocycles. The highest BCUT2D eigenvalue weighted by atomic mass is 19.1. The number of nitrogens with zero attached hydrogens (tertiary/aromatic N) is 3. The molecule has 2 aromatic heterocycles. The third-order valence-corrected chi connectivity index (χ3v) is 4.72. The summed E-state index contributed by atoms with van der Waals surface area (Å²) in [5.74, 6) is 0.859. The van der Waals surface area contributed by atoms with Crippen molar-refractivity contribution < 1.29 is 4.39 Å². The second-order valence-electron chi connectivity index (χ2n) is 6.61. The normalized spacial score (nSPS) is 14.2. The average molecular weight is 351 g/mol. The third kappa shape index (κ3) is 3.46. The molecule has 1 aliphatic heterocycles. The molecule has 4 rings (SSSR count). The molecule has 0 radical (unpaired) electrons. The Hall–Kier alpha value is -2.73. The number of anilines is 2. The number of hydrogen-bond donors (Lipinski definition) is 2. The van der Waals surface area contributed by atoms with Gasteiger partial charge < -0.3 is 16.0 Å². The van der Waals surface area contributed by atoms with Crippen LogP contribution in [0.2, 0.25) is 0 Å². The third-order valence-electron chi connectivity index (χ3n) is 4.72. The molecule has 3 aromatic rings. The standard InChI is InChI=1S/C20H22FN5/c21-17-11-16-6-7-18(23-13-15-5-3-4-14(10-15)12-22)24-19(16)25-20(17)26-8-1-2-9-26/h3-7,10-11H,1-2,8-9,12-13,22H2,(H,23,24,25). The lowest BCUT2D eigenvalue weighted by molar-refractivity contribution is 0.618. The van der Waals surface area contributed by atoms with Gasteiger partial charge in [0.1, 0.15) is 5.82 Å². The van der Waals surface area contributed by atoms with Crippen molar-refractivity contribution in [2.75, 3.05) is 23.3 Å². The van der Waals surface area contributed by atoms with Crippen LogP contribution in [0, 0.1) is 5.82 Å². The van der Waals surface area contributed by atoms with Crippen LogP contribution in [0.15, 0.2) is 42.5 Å². The maximum absolute atomic E-state index is 14.4. The Morgan fingerprint density at radius 2 is 1.85 bits per heavy atom. The average Bonchev–Trinajstić information content (AvgIpc) is 3.20. The molecular weight excluding hydrogens is 329 g/mol. The summed E-state index contributed by atoms with van der Waals surface area (Å²) in [6, 6.07) is 13.4. The first-order chi connectivity index (χ1) is 12.7. The van der Waals surface area contributed by atoms with E-state index < -0.39 is 0 Å². The highest BCUT2D eigenvalue weighted by molar-refractivity contribution is 5.78. The van der Waals surface area contributed by atoms with Crippen LogP contribution in [-0.4, -0.2) is 23.1 Å². The first-order valence-corrected chi connectivity index (χ1v) is 8.97. The zero-order valence-corrected chi connectivity index (χ0v) is 14.6. The molecular formula is C20H22FN5. The van der Waals surface area contributed by atoms with E-state index >= 15 is 0 Å². The zero-order chi connectivity index (χ0) is 17.9. The smallest absolute Gasteiger partial charge is 0.167 e. The van der Waals surface area contributed by atoms with E-state index in [1.165, 1.54) is 6.07 Å². The van der Waals surface area contributed by atoms with Crippen LogP contribution < -0.4 is 16.0 Å². The maximum Gasteiger partial charge on any atom is 0.167 e. The van der Waals surface area contributed by atoms with Gasteiger partial charge in [-0.1, -0.05) is 24.3 Å². The lowest BCUT2D eigenvalue weighted by Crippen LogP contribution is -2.20. The first kappa shape index (κ1) is 16.7. The molecule has 6 heteroatoms. The van der Waals surface area contributed by atoms with Crippen LogP contribution in [0.1, 0.15) is 24.0 Å². The SMILES string of the molecule is NCc1cccc(CNc2ccc3cc(F)c(N4CCCC4)nc3n2)c1. The largest absolute Gasteiger partial charge is 0.366 e. The highest BCUT2D eigenvalue weighted by Crippen LogP contribution is 2.25. The van der Waals surface area contributed by atoms with Gasteiger partial charge in [-0.05, 0) is 42.2 Å². The highest BCUT2D eigenvalue weighted by Gasteiger charge is 2.18. The Morgan fingerprint density at radius 1 is 1.04 bits per heavy atom. The Morgan fingerprint density at radius 3 is 2.65 bits per heavy atom. The van der Waals surface area contributed by atoms with Crippen LogP contribution in [0.4, 0.5) is 16.0 Å². The molecule has 0 unspecified atom stereocenters. The molecule has 0 aliphatic carbocycles. The lowest BCUT2D eigenvalue weighted by atomic mass is 10.1. The van der Waals surface area contributed by atoms with Crippen LogP contribution in [0.3, 0.4) is 0 Å². The molecule has 3 heterocycles. The Balaban J connectivity index is 1.56. The number of fused-ring (bicyclic) bond motifs is 1. The number of halogens is 1. The molecule has 26 heavy (non-hydrogen) atoms. The van der Waals surface area contributed by atoms with E-state index in [0.29, 0.717) is 29.9 Å². The number of benzene rings is 1. The van der Waals surface area contributed by atoms with Crippen LogP contribution in [-0.2, 0) is 13.1 Å². The van der Waals surface area contributed by atoms with Gasteiger partial charge in [-0.3, -0.25) is 0 Å². The van der Waals surface area contributed by atoms with Crippen molar-refractivity contribution in [3.05, 3.63) is 59.4 Å². The molecule has 1 aliphatic rings. The minimum absolute atomic E-state index is 0.277. The Bertz CT molecular complexity index is 921. The molecule has 0 atom stereocenters. The topological polar surface area (TPSA) is 67.1 Å². The van der Waals surface area contributed by atoms with Crippen molar-refractivity contribution in [2.24, 2.45) is 5.73 Å². The predicted molar refractivity (Wildman–Crippen MR) is 103 cm³/mol. The fraction of sp³-hybridized carbons (Fsp3) is 0.300. The van der Waals surface area contributed by atoms with E-state index in [9.17, 15) is 4.39 Å². The van der Waals surface area contributed by atoms with Gasteiger partial charge in [-0.2, -0.15) is 0 Å². The molecule has 3 N–H and O–H groups in total. The van der Waals surface area contributed by atoms with Crippen molar-refractivity contribution in [3.8, 4) is 0 Å². The molecule has 0 bridgehead atoms. The zero-order valence-electron chi connectivity index (χ0n) is 14.6. The first-order valence-electron chi connectivity index (χ1n) is 8.97. The van der Waals surface area contributed by atoms with Crippen LogP contribution >= 0.6 is 0 Å². The number of hydrogen-bond acceptors (Lipinski definition) is 5. The summed E-state index contributed by atoms with van der Waals surface area (Å²) in [7, 11) is 0. The van der Waals surface area contributed by atoms with E-state index in [2.05, 4.69) is 21.4 Å². The number of aromatic nitrogens is 2. The van der Waals surface area contributed by atoms with Crippen molar-refractivity contribution >= 4 is 22.7 Å². The van der Waals surface area contributed by atoms with Crippen LogP contribution in [0.5, 0.6) is 0 Å². The van der Waals surface area contributed by atoms with E-state index in [0.717, 1.165) is 42.9 Å². The van der Waals surface area contributed by atoms with E-state index in [1.807, 2.05) is 35.2 Å². The van der Waals surface area contributed by atoms with E-state index in [1.54, 1.807) is 0 Å². The molecule has 1 aromatic carbocycles. The fourth-order valence-electron chi connectivity index (χ4n) is 3.32. The van der Waals surface area contributed by atoms with Gasteiger partial charge in [0.05, 0.1) is 0 Å². The minimum atomic E-state index is -0.277. The quantitative estimate of drug-likeness (QED) is 0.737. The van der Waals surface area contributed by atoms with Gasteiger partial charge in [0.15, 0.2) is 17.3 Å². The molecule has 1 fully saturated rings. The maximum atomic E-state index is 14.4. The second-order valence-corrected chi connectivity index (χ2v) is 6.61. The van der Waals surface area contributed by atoms with Crippen LogP contribution in [0.25, 0.3) is 11.0 Å². The van der Waals surface area contributed by atoms with Gasteiger partial charge >= 0.3 is 0 Å². The summed E-state index contributed by atoms with van der Waals surface area (Å²) >= 11 is 0. The van der Waals surface area contributed by atoms with Gasteiger partial charge in [0.25, 0.3) is 0 Å². The molecule has 0 spiro atoms. The number of nitrogens with two attached hydrogens (primary N) is 1. The summed E-state index contributed by atoms with van der Waals surface area (Å²) in [5, 5.41) is 4.02. The summed E-state index contributed by atoms with van der Waals surface area (Å²) in [6.45, 7) is 2.87. The summed E-state index contributed by atoms with van der Waals surface area (Å²) < 4.78 is 14.4. The molecule has 0 saturated carbocycles. The second kappa shape index (κ2) is 7.25. The van der Waals surface area contributed by atoms with Crippen molar-refractivity contribution in [3.63, 3.8) is 0 Å². The van der Waals surface area contributed by atoms with E-state index in [4.69, 9.17) is 5.73 Å². The molecule has 0 amide bonds. The molecule has 134 valence electrons. The lowest BCUT2D eigenvalue weighted by Gasteiger charge is -2.17. The predicted octanol–water partition coefficient (Wildman–Crippen LogP) is 3.44. The van der Waals surface area contributed by atoms with Gasteiger partial charge in [0, 0.05) is 31.6 Å². The minimum Gasteiger partial charge on any atom is -0.366 e. The summed E-state index contributed by atoms with van der Waals surface area (Å²) in [6.07, 6.45) is 2.16.